The first-order chi connectivity index (χ1) is 14.6. The molecule has 2 aliphatic rings. The van der Waals surface area contributed by atoms with E-state index in [1.54, 1.807) is 13.2 Å². The van der Waals surface area contributed by atoms with E-state index in [1.807, 2.05) is 41.3 Å². The lowest BCUT2D eigenvalue weighted by Crippen LogP contribution is -2.50. The third-order valence-corrected chi connectivity index (χ3v) is 6.00. The van der Waals surface area contributed by atoms with Gasteiger partial charge in [0.15, 0.2) is 0 Å². The number of hydrogen-bond acceptors (Lipinski definition) is 4. The minimum atomic E-state index is -0.145. The van der Waals surface area contributed by atoms with Gasteiger partial charge in [-0.1, -0.05) is 30.3 Å². The molecule has 2 fully saturated rings. The molecule has 1 aliphatic carbocycles. The lowest BCUT2D eigenvalue weighted by atomic mass is 10.2. The van der Waals surface area contributed by atoms with Gasteiger partial charge < -0.3 is 9.64 Å². The molecule has 30 heavy (non-hydrogen) atoms. The van der Waals surface area contributed by atoms with E-state index in [1.165, 1.54) is 6.07 Å². The van der Waals surface area contributed by atoms with Crippen LogP contribution in [-0.4, -0.2) is 66.5 Å². The van der Waals surface area contributed by atoms with Gasteiger partial charge in [0.25, 0.3) is 0 Å². The van der Waals surface area contributed by atoms with Crippen molar-refractivity contribution in [2.75, 3.05) is 39.8 Å². The zero-order chi connectivity index (χ0) is 20.9. The number of amides is 1. The second-order valence-electron chi connectivity index (χ2n) is 8.24. The van der Waals surface area contributed by atoms with Crippen LogP contribution in [0.15, 0.2) is 48.5 Å². The van der Waals surface area contributed by atoms with E-state index in [0.717, 1.165) is 55.9 Å². The number of hydrogen-bond donors (Lipinski definition) is 0. The maximum Gasteiger partial charge on any atom is 0.237 e. The maximum atomic E-state index is 13.9. The molecule has 0 N–H and O–H groups in total. The molecule has 6 heteroatoms. The summed E-state index contributed by atoms with van der Waals surface area (Å²) in [6.45, 7) is 5.11. The molecule has 0 aromatic heterocycles. The van der Waals surface area contributed by atoms with E-state index < -0.39 is 0 Å². The van der Waals surface area contributed by atoms with Crippen molar-refractivity contribution in [3.63, 3.8) is 0 Å². The van der Waals surface area contributed by atoms with Crippen LogP contribution in [0, 0.1) is 5.82 Å². The summed E-state index contributed by atoms with van der Waals surface area (Å²) in [5, 5.41) is 0. The molecule has 1 aliphatic heterocycles. The molecule has 1 saturated carbocycles. The van der Waals surface area contributed by atoms with E-state index >= 15 is 0 Å². The van der Waals surface area contributed by atoms with Crippen molar-refractivity contribution in [3.8, 4) is 5.75 Å². The Kier molecular flexibility index (Phi) is 6.65. The summed E-state index contributed by atoms with van der Waals surface area (Å²) in [6, 6.07) is 15.3. The van der Waals surface area contributed by atoms with E-state index in [0.29, 0.717) is 25.7 Å². The fourth-order valence-corrected chi connectivity index (χ4v) is 3.99. The van der Waals surface area contributed by atoms with Crippen LogP contribution >= 0.6 is 0 Å². The van der Waals surface area contributed by atoms with E-state index in [9.17, 15) is 9.18 Å². The van der Waals surface area contributed by atoms with Crippen LogP contribution in [0.25, 0.3) is 0 Å². The van der Waals surface area contributed by atoms with Crippen LogP contribution in [-0.2, 0) is 17.9 Å². The predicted molar refractivity (Wildman–Crippen MR) is 115 cm³/mol. The normalized spacial score (nSPS) is 17.7. The van der Waals surface area contributed by atoms with Gasteiger partial charge in [0.05, 0.1) is 13.7 Å². The van der Waals surface area contributed by atoms with Gasteiger partial charge in [-0.05, 0) is 36.6 Å². The number of nitrogens with zero attached hydrogens (tertiary/aromatic N) is 3. The van der Waals surface area contributed by atoms with Gasteiger partial charge >= 0.3 is 0 Å². The van der Waals surface area contributed by atoms with Crippen molar-refractivity contribution in [3.05, 3.63) is 65.5 Å². The monoisotopic (exact) mass is 411 g/mol. The summed E-state index contributed by atoms with van der Waals surface area (Å²) in [4.78, 5) is 19.6. The van der Waals surface area contributed by atoms with Gasteiger partial charge in [0.2, 0.25) is 5.91 Å². The van der Waals surface area contributed by atoms with Crippen LogP contribution in [0.5, 0.6) is 5.75 Å². The number of rotatable bonds is 8. The summed E-state index contributed by atoms with van der Waals surface area (Å²) in [5.74, 6) is 0.890. The second-order valence-corrected chi connectivity index (χ2v) is 8.24. The Hall–Kier alpha value is -2.44. The molecule has 5 nitrogen and oxygen atoms in total. The highest BCUT2D eigenvalue weighted by Gasteiger charge is 2.33. The Labute approximate surface area is 178 Å². The Morgan fingerprint density at radius 3 is 2.33 bits per heavy atom. The van der Waals surface area contributed by atoms with Crippen molar-refractivity contribution in [1.29, 1.82) is 0 Å². The summed E-state index contributed by atoms with van der Waals surface area (Å²) < 4.78 is 19.1. The Morgan fingerprint density at radius 2 is 1.70 bits per heavy atom. The first-order valence-electron chi connectivity index (χ1n) is 10.7. The second kappa shape index (κ2) is 9.58. The number of methoxy groups -OCH3 is 1. The van der Waals surface area contributed by atoms with Crippen molar-refractivity contribution < 1.29 is 13.9 Å². The van der Waals surface area contributed by atoms with E-state index in [2.05, 4.69) is 9.80 Å². The number of piperazine rings is 1. The lowest BCUT2D eigenvalue weighted by Gasteiger charge is -2.35. The Balaban J connectivity index is 1.28. The van der Waals surface area contributed by atoms with Gasteiger partial charge in [0, 0.05) is 50.9 Å². The summed E-state index contributed by atoms with van der Waals surface area (Å²) in [7, 11) is 1.66. The minimum absolute atomic E-state index is 0.145. The lowest BCUT2D eigenvalue weighted by molar-refractivity contribution is -0.134. The highest BCUT2D eigenvalue weighted by molar-refractivity contribution is 5.79. The van der Waals surface area contributed by atoms with Gasteiger partial charge in [-0.2, -0.15) is 0 Å². The molecule has 0 bridgehead atoms. The average Bonchev–Trinajstić information content (AvgIpc) is 3.60. The third-order valence-electron chi connectivity index (χ3n) is 6.00. The maximum absolute atomic E-state index is 13.9. The van der Waals surface area contributed by atoms with E-state index in [-0.39, 0.29) is 11.7 Å². The smallest absolute Gasteiger partial charge is 0.237 e. The molecule has 0 radical (unpaired) electrons. The number of benzene rings is 2. The van der Waals surface area contributed by atoms with Crippen LogP contribution in [0.2, 0.25) is 0 Å². The van der Waals surface area contributed by atoms with Crippen LogP contribution in [0.4, 0.5) is 4.39 Å². The van der Waals surface area contributed by atoms with Crippen molar-refractivity contribution in [2.24, 2.45) is 0 Å². The highest BCUT2D eigenvalue weighted by atomic mass is 19.1. The SMILES string of the molecule is COc1ccc(CN(C(=O)CN2CCN(Cc3ccccc3F)CC2)C2CC2)cc1. The number of ether oxygens (including phenoxy) is 1. The van der Waals surface area contributed by atoms with Gasteiger partial charge in [-0.25, -0.2) is 4.39 Å². The number of halogens is 1. The fraction of sp³-hybridized carbons (Fsp3) is 0.458. The number of carbonyl (C=O) groups excluding carboxylic acids is 1. The Morgan fingerprint density at radius 1 is 1.03 bits per heavy atom. The minimum Gasteiger partial charge on any atom is -0.497 e. The van der Waals surface area contributed by atoms with Gasteiger partial charge in [-0.3, -0.25) is 14.6 Å². The molecule has 1 amide bonds. The average molecular weight is 412 g/mol. The Bertz CT molecular complexity index is 846. The molecule has 1 heterocycles. The van der Waals surface area contributed by atoms with Crippen molar-refractivity contribution in [1.82, 2.24) is 14.7 Å². The summed E-state index contributed by atoms with van der Waals surface area (Å²) in [6.07, 6.45) is 2.19. The predicted octanol–water partition coefficient (Wildman–Crippen LogP) is 3.14. The molecule has 0 atom stereocenters. The van der Waals surface area contributed by atoms with Crippen LogP contribution in [0.3, 0.4) is 0 Å². The molecule has 160 valence electrons. The third kappa shape index (κ3) is 5.37. The van der Waals surface area contributed by atoms with Crippen molar-refractivity contribution in [2.45, 2.75) is 32.0 Å². The molecule has 0 spiro atoms. The quantitative estimate of drug-likeness (QED) is 0.669. The van der Waals surface area contributed by atoms with Gasteiger partial charge in [0.1, 0.15) is 11.6 Å². The largest absolute Gasteiger partial charge is 0.497 e. The standard InChI is InChI=1S/C24H30FN3O2/c1-30-22-10-6-19(7-11-22)16-28(21-8-9-21)24(29)18-27-14-12-26(13-15-27)17-20-4-2-3-5-23(20)25/h2-7,10-11,21H,8-9,12-18H2,1H3. The number of carbonyl (C=O) groups is 1. The van der Waals surface area contributed by atoms with E-state index in [4.69, 9.17) is 4.74 Å². The summed E-state index contributed by atoms with van der Waals surface area (Å²) >= 11 is 0. The molecule has 2 aromatic rings. The summed E-state index contributed by atoms with van der Waals surface area (Å²) in [5.41, 5.74) is 1.87. The van der Waals surface area contributed by atoms with Crippen LogP contribution < -0.4 is 4.74 Å². The first-order valence-corrected chi connectivity index (χ1v) is 10.7. The zero-order valence-electron chi connectivity index (χ0n) is 17.6. The topological polar surface area (TPSA) is 36.0 Å². The molecule has 4 rings (SSSR count). The first kappa shape index (κ1) is 20.8. The molecule has 1 saturated heterocycles. The molecule has 2 aromatic carbocycles. The zero-order valence-corrected chi connectivity index (χ0v) is 17.6. The van der Waals surface area contributed by atoms with Crippen molar-refractivity contribution >= 4 is 5.91 Å². The fourth-order valence-electron chi connectivity index (χ4n) is 3.99. The van der Waals surface area contributed by atoms with Gasteiger partial charge in [-0.15, -0.1) is 0 Å². The molecular formula is C24H30FN3O2. The highest BCUT2D eigenvalue weighted by Crippen LogP contribution is 2.29. The molecule has 0 unspecified atom stereocenters. The van der Waals surface area contributed by atoms with Crippen LogP contribution in [0.1, 0.15) is 24.0 Å². The molecular weight excluding hydrogens is 381 g/mol.